The summed E-state index contributed by atoms with van der Waals surface area (Å²) in [5.41, 5.74) is 1.18. The lowest BCUT2D eigenvalue weighted by Gasteiger charge is -2.33. The highest BCUT2D eigenvalue weighted by atomic mass is 19.4. The molecule has 5 nitrogen and oxygen atoms in total. The van der Waals surface area contributed by atoms with E-state index in [1.54, 1.807) is 0 Å². The second-order valence-electron chi connectivity index (χ2n) is 6.85. The zero-order valence-corrected chi connectivity index (χ0v) is 14.7. The number of rotatable bonds is 4. The Balaban J connectivity index is 1.53. The Labute approximate surface area is 154 Å². The molecule has 1 heterocycles. The van der Waals surface area contributed by atoms with Gasteiger partial charge < -0.3 is 20.1 Å². The number of hydrogen-bond donors (Lipinski definition) is 2. The molecule has 1 aliphatic carbocycles. The van der Waals surface area contributed by atoms with Crippen LogP contribution in [0.3, 0.4) is 0 Å². The first kappa shape index (κ1) is 19.7. The van der Waals surface area contributed by atoms with Gasteiger partial charge in [0.25, 0.3) is 0 Å². The standard InChI is InChI=1S/C18H22F4N2O3/c19-13-7-11(16-12(8-13)9-26-10-27-16)5-6-23-17(25)24-15-4-2-1-3-14(15)18(20,21)22/h7-8,14-15H,1-6,9-10H2,(H2,23,24,25)/t14-,15-/m0/s1. The molecular weight excluding hydrogens is 368 g/mol. The van der Waals surface area contributed by atoms with Crippen LogP contribution in [0.15, 0.2) is 12.1 Å². The molecule has 1 fully saturated rings. The first-order valence-electron chi connectivity index (χ1n) is 8.97. The first-order chi connectivity index (χ1) is 12.8. The van der Waals surface area contributed by atoms with Gasteiger partial charge in [0, 0.05) is 18.2 Å². The lowest BCUT2D eigenvalue weighted by atomic mass is 9.84. The zero-order valence-electron chi connectivity index (χ0n) is 14.7. The van der Waals surface area contributed by atoms with E-state index in [-0.39, 0.29) is 26.4 Å². The van der Waals surface area contributed by atoms with Crippen molar-refractivity contribution in [2.24, 2.45) is 5.92 Å². The Hall–Kier alpha value is -2.03. The Bertz CT molecular complexity index is 681. The SMILES string of the molecule is O=C(NCCc1cc(F)cc2c1OCOC2)N[C@H]1CCCC[C@@H]1C(F)(F)F. The van der Waals surface area contributed by atoms with Crippen LogP contribution in [0.25, 0.3) is 0 Å². The van der Waals surface area contributed by atoms with Crippen LogP contribution in [-0.4, -0.2) is 31.6 Å². The third-order valence-corrected chi connectivity index (χ3v) is 4.93. The fourth-order valence-electron chi connectivity index (χ4n) is 3.67. The summed E-state index contributed by atoms with van der Waals surface area (Å²) in [6.07, 6.45) is -2.52. The zero-order chi connectivity index (χ0) is 19.4. The first-order valence-corrected chi connectivity index (χ1v) is 8.97. The van der Waals surface area contributed by atoms with Crippen LogP contribution in [0.5, 0.6) is 5.75 Å². The summed E-state index contributed by atoms with van der Waals surface area (Å²) >= 11 is 0. The van der Waals surface area contributed by atoms with Crippen molar-refractivity contribution in [1.82, 2.24) is 10.6 Å². The highest BCUT2D eigenvalue weighted by molar-refractivity contribution is 5.74. The van der Waals surface area contributed by atoms with Crippen molar-refractivity contribution >= 4 is 6.03 Å². The predicted octanol–water partition coefficient (Wildman–Crippen LogP) is 3.66. The number of ether oxygens (including phenoxy) is 2. The smallest absolute Gasteiger partial charge is 0.393 e. The molecule has 1 aromatic rings. The highest BCUT2D eigenvalue weighted by Crippen LogP contribution is 2.37. The van der Waals surface area contributed by atoms with Gasteiger partial charge in [0.1, 0.15) is 11.6 Å². The van der Waals surface area contributed by atoms with E-state index >= 15 is 0 Å². The molecule has 0 spiro atoms. The molecule has 0 saturated heterocycles. The number of nitrogens with one attached hydrogen (secondary N) is 2. The minimum atomic E-state index is -4.32. The number of amides is 2. The quantitative estimate of drug-likeness (QED) is 0.772. The van der Waals surface area contributed by atoms with Gasteiger partial charge in [-0.15, -0.1) is 0 Å². The summed E-state index contributed by atoms with van der Waals surface area (Å²) in [5.74, 6) is -1.41. The van der Waals surface area contributed by atoms with Crippen LogP contribution in [0.1, 0.15) is 36.8 Å². The summed E-state index contributed by atoms with van der Waals surface area (Å²) < 4.78 is 63.4. The Kier molecular flexibility index (Phi) is 6.08. The average molecular weight is 390 g/mol. The molecule has 3 rings (SSSR count). The van der Waals surface area contributed by atoms with Crippen LogP contribution >= 0.6 is 0 Å². The highest BCUT2D eigenvalue weighted by Gasteiger charge is 2.45. The third-order valence-electron chi connectivity index (χ3n) is 4.93. The molecule has 1 aliphatic heterocycles. The van der Waals surface area contributed by atoms with Crippen molar-refractivity contribution in [3.8, 4) is 5.75 Å². The number of alkyl halides is 3. The van der Waals surface area contributed by atoms with Crippen molar-refractivity contribution in [1.29, 1.82) is 0 Å². The average Bonchev–Trinajstić information content (AvgIpc) is 2.61. The van der Waals surface area contributed by atoms with E-state index in [2.05, 4.69) is 10.6 Å². The lowest BCUT2D eigenvalue weighted by molar-refractivity contribution is -0.187. The van der Waals surface area contributed by atoms with Crippen LogP contribution in [0.2, 0.25) is 0 Å². The largest absolute Gasteiger partial charge is 0.467 e. The van der Waals surface area contributed by atoms with Crippen molar-refractivity contribution < 1.29 is 31.8 Å². The van der Waals surface area contributed by atoms with Gasteiger partial charge in [0.05, 0.1) is 12.5 Å². The number of carbonyl (C=O) groups excluding carboxylic acids is 1. The Morgan fingerprint density at radius 2 is 2.00 bits per heavy atom. The lowest BCUT2D eigenvalue weighted by Crippen LogP contribution is -2.50. The molecule has 0 aromatic heterocycles. The number of halogens is 4. The molecule has 0 radical (unpaired) electrons. The number of urea groups is 1. The van der Waals surface area contributed by atoms with Gasteiger partial charge in [-0.05, 0) is 37.0 Å². The van der Waals surface area contributed by atoms with Gasteiger partial charge in [0.2, 0.25) is 0 Å². The van der Waals surface area contributed by atoms with Gasteiger partial charge in [0.15, 0.2) is 6.79 Å². The van der Waals surface area contributed by atoms with Crippen LogP contribution < -0.4 is 15.4 Å². The summed E-state index contributed by atoms with van der Waals surface area (Å²) in [7, 11) is 0. The normalized spacial score (nSPS) is 22.5. The molecule has 150 valence electrons. The molecule has 2 atom stereocenters. The molecule has 2 amide bonds. The van der Waals surface area contributed by atoms with Crippen molar-refractivity contribution in [2.75, 3.05) is 13.3 Å². The fourth-order valence-corrected chi connectivity index (χ4v) is 3.67. The van der Waals surface area contributed by atoms with Gasteiger partial charge in [-0.2, -0.15) is 13.2 Å². The van der Waals surface area contributed by atoms with E-state index in [0.717, 1.165) is 0 Å². The maximum atomic E-state index is 13.7. The molecule has 0 unspecified atom stereocenters. The van der Waals surface area contributed by atoms with Crippen LogP contribution in [0, 0.1) is 11.7 Å². The van der Waals surface area contributed by atoms with E-state index in [9.17, 15) is 22.4 Å². The van der Waals surface area contributed by atoms with Crippen LogP contribution in [0.4, 0.5) is 22.4 Å². The number of fused-ring (bicyclic) bond motifs is 1. The predicted molar refractivity (Wildman–Crippen MR) is 88.7 cm³/mol. The van der Waals surface area contributed by atoms with E-state index in [0.29, 0.717) is 42.6 Å². The molecule has 2 N–H and O–H groups in total. The summed E-state index contributed by atoms with van der Waals surface area (Å²) in [5, 5.41) is 4.99. The van der Waals surface area contributed by atoms with E-state index in [1.807, 2.05) is 0 Å². The molecule has 0 bridgehead atoms. The minimum absolute atomic E-state index is 0.0310. The maximum absolute atomic E-state index is 13.7. The Morgan fingerprint density at radius 3 is 2.78 bits per heavy atom. The second-order valence-corrected chi connectivity index (χ2v) is 6.85. The molecule has 1 aromatic carbocycles. The number of hydrogen-bond acceptors (Lipinski definition) is 3. The topological polar surface area (TPSA) is 59.6 Å². The molecule has 2 aliphatic rings. The Morgan fingerprint density at radius 1 is 1.22 bits per heavy atom. The van der Waals surface area contributed by atoms with E-state index in [4.69, 9.17) is 9.47 Å². The second kappa shape index (κ2) is 8.33. The van der Waals surface area contributed by atoms with Crippen molar-refractivity contribution in [2.45, 2.75) is 50.9 Å². The molecule has 9 heteroatoms. The maximum Gasteiger partial charge on any atom is 0.393 e. The molecule has 27 heavy (non-hydrogen) atoms. The van der Waals surface area contributed by atoms with E-state index in [1.165, 1.54) is 12.1 Å². The van der Waals surface area contributed by atoms with Crippen LogP contribution in [-0.2, 0) is 17.8 Å². The minimum Gasteiger partial charge on any atom is -0.467 e. The molecular formula is C18H22F4N2O3. The molecule has 1 saturated carbocycles. The van der Waals surface area contributed by atoms with Crippen molar-refractivity contribution in [3.05, 3.63) is 29.1 Å². The monoisotopic (exact) mass is 390 g/mol. The van der Waals surface area contributed by atoms with Gasteiger partial charge in [-0.1, -0.05) is 12.8 Å². The third kappa shape index (κ3) is 5.03. The fraction of sp³-hybridized carbons (Fsp3) is 0.611. The summed E-state index contributed by atoms with van der Waals surface area (Å²) in [6.45, 7) is 0.462. The van der Waals surface area contributed by atoms with Gasteiger partial charge >= 0.3 is 12.2 Å². The van der Waals surface area contributed by atoms with Crippen molar-refractivity contribution in [3.63, 3.8) is 0 Å². The number of benzene rings is 1. The summed E-state index contributed by atoms with van der Waals surface area (Å²) in [6, 6.07) is 1.09. The number of carbonyl (C=O) groups is 1. The summed E-state index contributed by atoms with van der Waals surface area (Å²) in [4.78, 5) is 12.0. The van der Waals surface area contributed by atoms with E-state index < -0.39 is 30.0 Å². The van der Waals surface area contributed by atoms with Gasteiger partial charge in [-0.25, -0.2) is 9.18 Å². The van der Waals surface area contributed by atoms with Gasteiger partial charge in [-0.3, -0.25) is 0 Å².